The van der Waals surface area contributed by atoms with Gasteiger partial charge in [-0.2, -0.15) is 0 Å². The monoisotopic (exact) mass is 449 g/mol. The summed E-state index contributed by atoms with van der Waals surface area (Å²) in [7, 11) is 0. The van der Waals surface area contributed by atoms with Crippen LogP contribution < -0.4 is 34.7 Å². The molecule has 1 heterocycles. The molecule has 3 rings (SSSR count). The smallest absolute Gasteiger partial charge is 0.872 e. The molecule has 2 aromatic carbocycles. The van der Waals surface area contributed by atoms with Gasteiger partial charge in [-0.1, -0.05) is 30.3 Å². The molecule has 0 radical (unpaired) electrons. The summed E-state index contributed by atoms with van der Waals surface area (Å²) in [5.41, 5.74) is 2.98. The third-order valence-corrected chi connectivity index (χ3v) is 5.06. The van der Waals surface area contributed by atoms with E-state index >= 15 is 0 Å². The van der Waals surface area contributed by atoms with E-state index in [4.69, 9.17) is 5.11 Å². The van der Waals surface area contributed by atoms with Gasteiger partial charge in [-0.05, 0) is 43.7 Å². The summed E-state index contributed by atoms with van der Waals surface area (Å²) in [6.45, 7) is 3.94. The largest absolute Gasteiger partial charge is 1.00 e. The Morgan fingerprint density at radius 1 is 1.16 bits per heavy atom. The number of aliphatic carboxylic acids is 1. The number of aromatic nitrogens is 1. The maximum Gasteiger partial charge on any atom is 1.00 e. The quantitative estimate of drug-likeness (QED) is 0.439. The van der Waals surface area contributed by atoms with Crippen molar-refractivity contribution in [1.82, 2.24) is 4.57 Å². The fourth-order valence-corrected chi connectivity index (χ4v) is 3.79. The maximum absolute atomic E-state index is 13.5. The first-order valence-corrected chi connectivity index (χ1v) is 10.0. The molecule has 3 N–H and O–H groups in total. The van der Waals surface area contributed by atoms with Crippen LogP contribution in [0.3, 0.4) is 0 Å². The number of benzene rings is 2. The van der Waals surface area contributed by atoms with E-state index in [0.29, 0.717) is 5.69 Å². The second kappa shape index (κ2) is 11.1. The van der Waals surface area contributed by atoms with Gasteiger partial charge < -0.3 is 25.0 Å². The van der Waals surface area contributed by atoms with Crippen molar-refractivity contribution in [3.05, 3.63) is 60.1 Å². The molecule has 0 saturated heterocycles. The van der Waals surface area contributed by atoms with Gasteiger partial charge in [-0.15, -0.1) is 5.75 Å². The summed E-state index contributed by atoms with van der Waals surface area (Å²) in [6, 6.07) is 10.8. The van der Waals surface area contributed by atoms with Crippen LogP contribution in [0.15, 0.2) is 48.5 Å². The number of nitrogens with zero attached hydrogens (tertiary/aromatic N) is 1. The van der Waals surface area contributed by atoms with Gasteiger partial charge in [0.1, 0.15) is 5.82 Å². The second-order valence-corrected chi connectivity index (χ2v) is 7.82. The Hall–Kier alpha value is -2.16. The third-order valence-electron chi connectivity index (χ3n) is 5.06. The average molecular weight is 449 g/mol. The number of fused-ring (bicyclic) bond motifs is 1. The van der Waals surface area contributed by atoms with Gasteiger partial charge >= 0.3 is 35.5 Å². The summed E-state index contributed by atoms with van der Waals surface area (Å²) in [6.07, 6.45) is 0.368. The Morgan fingerprint density at radius 2 is 1.81 bits per heavy atom. The third kappa shape index (κ3) is 5.99. The van der Waals surface area contributed by atoms with Gasteiger partial charge in [0.25, 0.3) is 0 Å². The van der Waals surface area contributed by atoms with Crippen LogP contribution in [-0.2, 0) is 4.79 Å². The molecule has 2 atom stereocenters. The zero-order chi connectivity index (χ0) is 22.7. The van der Waals surface area contributed by atoms with E-state index in [1.165, 1.54) is 24.3 Å². The van der Waals surface area contributed by atoms with Crippen molar-refractivity contribution in [1.29, 1.82) is 0 Å². The number of carboxylic acid groups (broad SMARTS) is 1. The van der Waals surface area contributed by atoms with Gasteiger partial charge in [0.2, 0.25) is 0 Å². The second-order valence-electron chi connectivity index (χ2n) is 7.82. The summed E-state index contributed by atoms with van der Waals surface area (Å²) >= 11 is 0. The molecule has 32 heavy (non-hydrogen) atoms. The van der Waals surface area contributed by atoms with Crippen molar-refractivity contribution < 1.29 is 59.2 Å². The van der Waals surface area contributed by atoms with Crippen LogP contribution in [0.1, 0.15) is 38.4 Å². The Bertz CT molecular complexity index is 1110. The molecular weight excluding hydrogens is 424 g/mol. The van der Waals surface area contributed by atoms with Crippen molar-refractivity contribution in [3.8, 4) is 16.9 Å². The van der Waals surface area contributed by atoms with Crippen LogP contribution in [-0.4, -0.2) is 38.1 Å². The molecule has 0 aliphatic heterocycles. The molecule has 0 saturated carbocycles. The summed E-state index contributed by atoms with van der Waals surface area (Å²) in [4.78, 5) is 10.7. The molecule has 164 valence electrons. The molecule has 0 amide bonds. The molecular formula is C24H25FNNaO5. The normalized spacial score (nSPS) is 13.4. The maximum atomic E-state index is 13.5. The minimum Gasteiger partial charge on any atom is -0.872 e. The van der Waals surface area contributed by atoms with Crippen molar-refractivity contribution in [2.75, 3.05) is 0 Å². The molecule has 0 aliphatic carbocycles. The van der Waals surface area contributed by atoms with Crippen LogP contribution >= 0.6 is 0 Å². The van der Waals surface area contributed by atoms with E-state index in [9.17, 15) is 24.5 Å². The number of hydrogen-bond donors (Lipinski definition) is 3. The molecule has 2 unspecified atom stereocenters. The number of halogens is 1. The standard InChI is InChI=1S/C24H26FNO5.Na/c1-14(2)26-21(10-8-17(27)11-19(29)13-23(30)31)24(15-3-5-16(25)6-4-15)20-9-7-18(28)12-22(20)26;/h3-10,12,14,17,19,27-29H,11,13H2,1-2H3,(H,30,31);/q;+1/p-1/b10-8+;. The Labute approximate surface area is 207 Å². The fraction of sp³-hybridized carbons (Fsp3) is 0.292. The average Bonchev–Trinajstić information content (AvgIpc) is 2.99. The first-order valence-electron chi connectivity index (χ1n) is 10.0. The van der Waals surface area contributed by atoms with Crippen LogP contribution in [0.25, 0.3) is 28.1 Å². The van der Waals surface area contributed by atoms with Gasteiger partial charge in [-0.3, -0.25) is 4.79 Å². The van der Waals surface area contributed by atoms with E-state index in [1.807, 2.05) is 18.4 Å². The Balaban J connectivity index is 0.00000363. The van der Waals surface area contributed by atoms with E-state index in [-0.39, 0.29) is 53.6 Å². The number of aliphatic hydroxyl groups excluding tert-OH is 2. The summed E-state index contributed by atoms with van der Waals surface area (Å²) in [5, 5.41) is 41.7. The Morgan fingerprint density at radius 3 is 2.41 bits per heavy atom. The van der Waals surface area contributed by atoms with E-state index in [0.717, 1.165) is 22.0 Å². The molecule has 8 heteroatoms. The molecule has 0 bridgehead atoms. The zero-order valence-corrected chi connectivity index (χ0v) is 20.3. The number of carbonyl (C=O) groups is 1. The number of rotatable bonds is 8. The van der Waals surface area contributed by atoms with Gasteiger partial charge in [0, 0.05) is 34.6 Å². The topological polar surface area (TPSA) is 106 Å². The van der Waals surface area contributed by atoms with Crippen LogP contribution in [0.4, 0.5) is 4.39 Å². The fourth-order valence-electron chi connectivity index (χ4n) is 3.79. The van der Waals surface area contributed by atoms with Crippen molar-refractivity contribution in [2.24, 2.45) is 0 Å². The van der Waals surface area contributed by atoms with Gasteiger partial charge in [-0.25, -0.2) is 4.39 Å². The van der Waals surface area contributed by atoms with Gasteiger partial charge in [0.05, 0.1) is 18.6 Å². The zero-order valence-electron chi connectivity index (χ0n) is 18.3. The molecule has 3 aromatic rings. The van der Waals surface area contributed by atoms with E-state index < -0.39 is 24.6 Å². The molecule has 6 nitrogen and oxygen atoms in total. The SMILES string of the molecule is CC(C)n1c(/C=C/C(O)CC(O)CC(=O)O)c(-c2ccc(F)cc2)c2ccc([O-])cc21.[Na+]. The van der Waals surface area contributed by atoms with Crippen LogP contribution in [0.5, 0.6) is 5.75 Å². The predicted molar refractivity (Wildman–Crippen MR) is 115 cm³/mol. The minimum absolute atomic E-state index is 0. The van der Waals surface area contributed by atoms with Crippen LogP contribution in [0, 0.1) is 5.82 Å². The molecule has 0 fully saturated rings. The summed E-state index contributed by atoms with van der Waals surface area (Å²) in [5.74, 6) is -1.64. The first kappa shape index (κ1) is 26.1. The summed E-state index contributed by atoms with van der Waals surface area (Å²) < 4.78 is 15.5. The number of hydrogen-bond acceptors (Lipinski definition) is 4. The number of carboxylic acids is 1. The van der Waals surface area contributed by atoms with Crippen molar-refractivity contribution in [2.45, 2.75) is 44.9 Å². The van der Waals surface area contributed by atoms with Crippen molar-refractivity contribution >= 4 is 22.9 Å². The van der Waals surface area contributed by atoms with E-state index in [1.54, 1.807) is 30.3 Å². The molecule has 0 spiro atoms. The molecule has 0 aliphatic rings. The minimum atomic E-state index is -1.17. The van der Waals surface area contributed by atoms with Crippen molar-refractivity contribution in [3.63, 3.8) is 0 Å². The van der Waals surface area contributed by atoms with Crippen LogP contribution in [0.2, 0.25) is 0 Å². The molecule has 1 aromatic heterocycles. The predicted octanol–water partition coefficient (Wildman–Crippen LogP) is 0.706. The van der Waals surface area contributed by atoms with E-state index in [2.05, 4.69) is 0 Å². The Kier molecular flexibility index (Phi) is 9.07. The van der Waals surface area contributed by atoms with Gasteiger partial charge in [0.15, 0.2) is 0 Å². The number of aliphatic hydroxyl groups is 2. The first-order chi connectivity index (χ1) is 14.7.